The highest BCUT2D eigenvalue weighted by Gasteiger charge is 2.17. The van der Waals surface area contributed by atoms with Gasteiger partial charge in [-0.1, -0.05) is 17.7 Å². The van der Waals surface area contributed by atoms with Crippen molar-refractivity contribution in [3.8, 4) is 17.2 Å². The van der Waals surface area contributed by atoms with E-state index in [4.69, 9.17) is 25.8 Å². The number of nitro benzene ring substituents is 1. The predicted molar refractivity (Wildman–Crippen MR) is 99.3 cm³/mol. The van der Waals surface area contributed by atoms with Crippen LogP contribution in [-0.2, 0) is 0 Å². The zero-order valence-electron chi connectivity index (χ0n) is 14.7. The fourth-order valence-corrected chi connectivity index (χ4v) is 2.38. The molecule has 9 nitrogen and oxygen atoms in total. The molecule has 0 aromatic heterocycles. The molecule has 0 atom stereocenters. The first-order chi connectivity index (χ1) is 12.9. The monoisotopic (exact) mass is 393 g/mol. The van der Waals surface area contributed by atoms with Crippen LogP contribution in [0.5, 0.6) is 17.2 Å². The minimum absolute atomic E-state index is 0.0126. The molecule has 0 aliphatic carbocycles. The quantitative estimate of drug-likeness (QED) is 0.439. The van der Waals surface area contributed by atoms with Crippen LogP contribution in [0, 0.1) is 10.1 Å². The summed E-state index contributed by atoms with van der Waals surface area (Å²) in [5, 5.41) is 14.7. The third-order valence-corrected chi connectivity index (χ3v) is 3.79. The maximum absolute atomic E-state index is 12.3. The van der Waals surface area contributed by atoms with E-state index >= 15 is 0 Å². The minimum Gasteiger partial charge on any atom is -0.493 e. The minimum atomic E-state index is -0.603. The van der Waals surface area contributed by atoms with E-state index in [9.17, 15) is 14.9 Å². The molecule has 1 amide bonds. The lowest BCUT2D eigenvalue weighted by molar-refractivity contribution is -0.384. The number of hydrogen-bond donors (Lipinski definition) is 1. The van der Waals surface area contributed by atoms with Crippen molar-refractivity contribution in [1.29, 1.82) is 0 Å². The number of nitrogens with one attached hydrogen (secondary N) is 1. The second kappa shape index (κ2) is 8.86. The zero-order chi connectivity index (χ0) is 20.0. The smallest absolute Gasteiger partial charge is 0.288 e. The number of hydrazone groups is 1. The van der Waals surface area contributed by atoms with Crippen LogP contribution in [0.25, 0.3) is 0 Å². The van der Waals surface area contributed by atoms with Crippen LogP contribution in [-0.4, -0.2) is 38.4 Å². The number of carbonyl (C=O) groups excluding carboxylic acids is 1. The first kappa shape index (κ1) is 20.0. The Balaban J connectivity index is 2.19. The number of ether oxygens (including phenoxy) is 3. The van der Waals surface area contributed by atoms with Crippen LogP contribution >= 0.6 is 11.6 Å². The maximum Gasteiger partial charge on any atom is 0.288 e. The van der Waals surface area contributed by atoms with E-state index < -0.39 is 10.8 Å². The number of hydrogen-bond acceptors (Lipinski definition) is 7. The summed E-state index contributed by atoms with van der Waals surface area (Å²) in [4.78, 5) is 22.6. The van der Waals surface area contributed by atoms with Crippen molar-refractivity contribution < 1.29 is 23.9 Å². The molecule has 2 rings (SSSR count). The first-order valence-electron chi connectivity index (χ1n) is 7.48. The van der Waals surface area contributed by atoms with E-state index in [-0.39, 0.29) is 16.3 Å². The van der Waals surface area contributed by atoms with Crippen LogP contribution in [0.1, 0.15) is 15.9 Å². The average molecular weight is 394 g/mol. The van der Waals surface area contributed by atoms with Gasteiger partial charge in [0, 0.05) is 17.2 Å². The molecule has 142 valence electrons. The van der Waals surface area contributed by atoms with E-state index in [1.165, 1.54) is 57.9 Å². The molecule has 0 bridgehead atoms. The average Bonchev–Trinajstić information content (AvgIpc) is 2.67. The number of nitrogens with zero attached hydrogens (tertiary/aromatic N) is 2. The lowest BCUT2D eigenvalue weighted by atomic mass is 10.1. The highest BCUT2D eigenvalue weighted by atomic mass is 35.5. The molecule has 0 spiro atoms. The van der Waals surface area contributed by atoms with E-state index in [1.807, 2.05) is 0 Å². The second-order valence-electron chi connectivity index (χ2n) is 5.08. The van der Waals surface area contributed by atoms with E-state index in [2.05, 4.69) is 10.5 Å². The van der Waals surface area contributed by atoms with Crippen molar-refractivity contribution in [2.24, 2.45) is 5.10 Å². The van der Waals surface area contributed by atoms with Crippen molar-refractivity contribution in [2.45, 2.75) is 0 Å². The Hall–Kier alpha value is -3.33. The van der Waals surface area contributed by atoms with Crippen LogP contribution in [0.4, 0.5) is 5.69 Å². The van der Waals surface area contributed by atoms with Gasteiger partial charge in [0.1, 0.15) is 5.02 Å². The third kappa shape index (κ3) is 4.64. The molecule has 0 heterocycles. The lowest BCUT2D eigenvalue weighted by Gasteiger charge is -2.13. The summed E-state index contributed by atoms with van der Waals surface area (Å²) >= 11 is 5.75. The molecule has 10 heteroatoms. The van der Waals surface area contributed by atoms with Crippen LogP contribution in [0.3, 0.4) is 0 Å². The Morgan fingerprint density at radius 2 is 1.78 bits per heavy atom. The Bertz CT molecular complexity index is 875. The molecule has 0 aliphatic heterocycles. The van der Waals surface area contributed by atoms with Crippen molar-refractivity contribution >= 4 is 29.4 Å². The first-order valence-corrected chi connectivity index (χ1v) is 7.86. The molecular weight excluding hydrogens is 378 g/mol. The van der Waals surface area contributed by atoms with Gasteiger partial charge >= 0.3 is 0 Å². The molecule has 0 fully saturated rings. The predicted octanol–water partition coefficient (Wildman–Crippen LogP) is 3.04. The molecule has 0 radical (unpaired) electrons. The molecule has 0 aliphatic rings. The molecule has 2 aromatic carbocycles. The topological polar surface area (TPSA) is 112 Å². The van der Waals surface area contributed by atoms with Gasteiger partial charge in [0.25, 0.3) is 11.6 Å². The molecule has 0 saturated heterocycles. The standard InChI is InChI=1S/C17H16ClN3O6/c1-25-14-7-11(8-15(26-2)16(14)27-3)17(22)20-19-9-10-4-5-12(18)13(6-10)21(23)24/h4-9H,1-3H3,(H,20,22)/b19-9-. The van der Waals surface area contributed by atoms with Gasteiger partial charge in [0.2, 0.25) is 5.75 Å². The van der Waals surface area contributed by atoms with Gasteiger partial charge in [-0.15, -0.1) is 0 Å². The van der Waals surface area contributed by atoms with Gasteiger partial charge < -0.3 is 14.2 Å². The number of carbonyl (C=O) groups is 1. The van der Waals surface area contributed by atoms with Gasteiger partial charge in [-0.2, -0.15) is 5.10 Å². The van der Waals surface area contributed by atoms with Crippen LogP contribution in [0.2, 0.25) is 5.02 Å². The lowest BCUT2D eigenvalue weighted by Crippen LogP contribution is -2.18. The summed E-state index contributed by atoms with van der Waals surface area (Å²) in [6, 6.07) is 7.10. The van der Waals surface area contributed by atoms with Gasteiger partial charge in [-0.25, -0.2) is 5.43 Å². The molecular formula is C17H16ClN3O6. The fraction of sp³-hybridized carbons (Fsp3) is 0.176. The molecule has 1 N–H and O–H groups in total. The van der Waals surface area contributed by atoms with E-state index in [0.717, 1.165) is 0 Å². The van der Waals surface area contributed by atoms with Crippen LogP contribution in [0.15, 0.2) is 35.4 Å². The SMILES string of the molecule is COc1cc(C(=O)N/N=C\c2ccc(Cl)c([N+](=O)[O-])c2)cc(OC)c1OC. The van der Waals surface area contributed by atoms with Gasteiger partial charge in [0.05, 0.1) is 32.5 Å². The summed E-state index contributed by atoms with van der Waals surface area (Å²) < 4.78 is 15.6. The van der Waals surface area contributed by atoms with Crippen molar-refractivity contribution in [3.63, 3.8) is 0 Å². The Morgan fingerprint density at radius 3 is 2.30 bits per heavy atom. The normalized spacial score (nSPS) is 10.5. The third-order valence-electron chi connectivity index (χ3n) is 3.47. The maximum atomic E-state index is 12.3. The molecule has 27 heavy (non-hydrogen) atoms. The van der Waals surface area contributed by atoms with Crippen molar-refractivity contribution in [2.75, 3.05) is 21.3 Å². The highest BCUT2D eigenvalue weighted by Crippen LogP contribution is 2.38. The van der Waals surface area contributed by atoms with Gasteiger partial charge in [0.15, 0.2) is 11.5 Å². The number of rotatable bonds is 7. The van der Waals surface area contributed by atoms with E-state index in [1.54, 1.807) is 0 Å². The van der Waals surface area contributed by atoms with Crippen molar-refractivity contribution in [3.05, 3.63) is 56.6 Å². The summed E-state index contributed by atoms with van der Waals surface area (Å²) in [5.41, 5.74) is 2.70. The Morgan fingerprint density at radius 1 is 1.15 bits per heavy atom. The Kier molecular flexibility index (Phi) is 6.56. The van der Waals surface area contributed by atoms with Gasteiger partial charge in [-0.05, 0) is 18.2 Å². The molecule has 0 unspecified atom stereocenters. The van der Waals surface area contributed by atoms with Crippen molar-refractivity contribution in [1.82, 2.24) is 5.43 Å². The zero-order valence-corrected chi connectivity index (χ0v) is 15.4. The van der Waals surface area contributed by atoms with Crippen LogP contribution < -0.4 is 19.6 Å². The fourth-order valence-electron chi connectivity index (χ4n) is 2.19. The number of benzene rings is 2. The summed E-state index contributed by atoms with van der Waals surface area (Å²) in [6.07, 6.45) is 1.26. The number of amides is 1. The molecule has 2 aromatic rings. The van der Waals surface area contributed by atoms with Gasteiger partial charge in [-0.3, -0.25) is 14.9 Å². The number of methoxy groups -OCH3 is 3. The number of halogens is 1. The summed E-state index contributed by atoms with van der Waals surface area (Å²) in [6.45, 7) is 0. The number of nitro groups is 1. The largest absolute Gasteiger partial charge is 0.493 e. The second-order valence-corrected chi connectivity index (χ2v) is 5.49. The van der Waals surface area contributed by atoms with E-state index in [0.29, 0.717) is 22.8 Å². The summed E-state index contributed by atoms with van der Waals surface area (Å²) in [5.74, 6) is 0.459. The molecule has 0 saturated carbocycles. The highest BCUT2D eigenvalue weighted by molar-refractivity contribution is 6.32. The Labute approximate surface area is 159 Å². The summed E-state index contributed by atoms with van der Waals surface area (Å²) in [7, 11) is 4.32.